The maximum absolute atomic E-state index is 2.51. The zero-order valence-corrected chi connectivity index (χ0v) is 8.60. The SMILES string of the molecule is CCC1=CCCCCCC1CC. The minimum atomic E-state index is 0.912. The van der Waals surface area contributed by atoms with Crippen LogP contribution in [0.5, 0.6) is 0 Å². The Bertz CT molecular complexity index is 144. The zero-order chi connectivity index (χ0) is 8.81. The molecule has 0 heterocycles. The summed E-state index contributed by atoms with van der Waals surface area (Å²) in [4.78, 5) is 0. The maximum Gasteiger partial charge on any atom is -0.0206 e. The van der Waals surface area contributed by atoms with Crippen LogP contribution in [-0.4, -0.2) is 0 Å². The Hall–Kier alpha value is -0.260. The fraction of sp³-hybridized carbons (Fsp3) is 0.833. The first-order valence-electron chi connectivity index (χ1n) is 5.57. The fourth-order valence-electron chi connectivity index (χ4n) is 2.25. The summed E-state index contributed by atoms with van der Waals surface area (Å²) in [6, 6.07) is 0. The molecule has 70 valence electrons. The van der Waals surface area contributed by atoms with Crippen molar-refractivity contribution < 1.29 is 0 Å². The molecule has 0 N–H and O–H groups in total. The maximum atomic E-state index is 2.51. The zero-order valence-electron chi connectivity index (χ0n) is 8.60. The summed E-state index contributed by atoms with van der Waals surface area (Å²) in [5, 5.41) is 0. The van der Waals surface area contributed by atoms with Crippen LogP contribution in [0.3, 0.4) is 0 Å². The van der Waals surface area contributed by atoms with Crippen molar-refractivity contribution in [2.24, 2.45) is 5.92 Å². The second-order valence-electron chi connectivity index (χ2n) is 3.88. The van der Waals surface area contributed by atoms with E-state index in [9.17, 15) is 0 Å². The van der Waals surface area contributed by atoms with E-state index in [2.05, 4.69) is 19.9 Å². The molecule has 0 amide bonds. The second-order valence-corrected chi connectivity index (χ2v) is 3.88. The van der Waals surface area contributed by atoms with Crippen molar-refractivity contribution in [3.05, 3.63) is 11.6 Å². The van der Waals surface area contributed by atoms with Crippen molar-refractivity contribution in [1.82, 2.24) is 0 Å². The third-order valence-electron chi connectivity index (χ3n) is 3.09. The van der Waals surface area contributed by atoms with E-state index in [0.29, 0.717) is 0 Å². The van der Waals surface area contributed by atoms with Gasteiger partial charge in [-0.1, -0.05) is 38.3 Å². The molecule has 0 heteroatoms. The molecule has 0 saturated heterocycles. The van der Waals surface area contributed by atoms with Crippen LogP contribution in [0.2, 0.25) is 0 Å². The first-order chi connectivity index (χ1) is 5.88. The first kappa shape index (κ1) is 9.83. The van der Waals surface area contributed by atoms with Crippen molar-refractivity contribution in [2.45, 2.75) is 58.8 Å². The molecule has 0 aliphatic heterocycles. The summed E-state index contributed by atoms with van der Waals surface area (Å²) in [6.45, 7) is 4.63. The first-order valence-corrected chi connectivity index (χ1v) is 5.57. The molecule has 1 unspecified atom stereocenters. The van der Waals surface area contributed by atoms with Gasteiger partial charge in [0.2, 0.25) is 0 Å². The predicted octanol–water partition coefficient (Wildman–Crippen LogP) is 4.31. The summed E-state index contributed by atoms with van der Waals surface area (Å²) >= 11 is 0. The molecule has 0 spiro atoms. The van der Waals surface area contributed by atoms with Gasteiger partial charge in [-0.25, -0.2) is 0 Å². The molecule has 0 saturated carbocycles. The molecule has 0 aromatic rings. The number of hydrogen-bond acceptors (Lipinski definition) is 0. The number of hydrogen-bond donors (Lipinski definition) is 0. The minimum absolute atomic E-state index is 0.912. The smallest absolute Gasteiger partial charge is 0.0206 e. The molecule has 1 aliphatic carbocycles. The second kappa shape index (κ2) is 5.40. The van der Waals surface area contributed by atoms with Gasteiger partial charge < -0.3 is 0 Å². The summed E-state index contributed by atoms with van der Waals surface area (Å²) in [7, 11) is 0. The van der Waals surface area contributed by atoms with Crippen LogP contribution in [0, 0.1) is 5.92 Å². The van der Waals surface area contributed by atoms with Crippen LogP contribution in [0.25, 0.3) is 0 Å². The third kappa shape index (κ3) is 2.66. The molecule has 1 rings (SSSR count). The molecule has 0 fully saturated rings. The van der Waals surface area contributed by atoms with Crippen LogP contribution < -0.4 is 0 Å². The normalized spacial score (nSPS) is 25.8. The van der Waals surface area contributed by atoms with E-state index in [1.165, 1.54) is 44.9 Å². The van der Waals surface area contributed by atoms with Gasteiger partial charge in [-0.15, -0.1) is 0 Å². The van der Waals surface area contributed by atoms with Gasteiger partial charge in [-0.2, -0.15) is 0 Å². The molecule has 1 atom stereocenters. The van der Waals surface area contributed by atoms with Gasteiger partial charge in [0, 0.05) is 0 Å². The van der Waals surface area contributed by atoms with Gasteiger partial charge in [0.05, 0.1) is 0 Å². The lowest BCUT2D eigenvalue weighted by Gasteiger charge is -2.20. The molecule has 0 nitrogen and oxygen atoms in total. The highest BCUT2D eigenvalue weighted by Crippen LogP contribution is 2.27. The summed E-state index contributed by atoms with van der Waals surface area (Å²) in [5.41, 5.74) is 1.73. The summed E-state index contributed by atoms with van der Waals surface area (Å²) in [5.74, 6) is 0.912. The van der Waals surface area contributed by atoms with E-state index in [-0.39, 0.29) is 0 Å². The van der Waals surface area contributed by atoms with Gasteiger partial charge >= 0.3 is 0 Å². The number of rotatable bonds is 2. The van der Waals surface area contributed by atoms with Crippen LogP contribution in [0.4, 0.5) is 0 Å². The van der Waals surface area contributed by atoms with E-state index >= 15 is 0 Å². The lowest BCUT2D eigenvalue weighted by molar-refractivity contribution is 0.476. The Morgan fingerprint density at radius 1 is 1.25 bits per heavy atom. The lowest BCUT2D eigenvalue weighted by atomic mass is 9.86. The third-order valence-corrected chi connectivity index (χ3v) is 3.09. The van der Waals surface area contributed by atoms with Crippen molar-refractivity contribution in [3.63, 3.8) is 0 Å². The van der Waals surface area contributed by atoms with E-state index in [4.69, 9.17) is 0 Å². The van der Waals surface area contributed by atoms with E-state index in [1.54, 1.807) is 5.57 Å². The molecular formula is C12H22. The Morgan fingerprint density at radius 3 is 2.75 bits per heavy atom. The minimum Gasteiger partial charge on any atom is -0.0851 e. The Morgan fingerprint density at radius 2 is 2.08 bits per heavy atom. The average Bonchev–Trinajstić information content (AvgIpc) is 2.05. The molecule has 12 heavy (non-hydrogen) atoms. The summed E-state index contributed by atoms with van der Waals surface area (Å²) < 4.78 is 0. The van der Waals surface area contributed by atoms with E-state index in [0.717, 1.165) is 5.92 Å². The quantitative estimate of drug-likeness (QED) is 0.536. The van der Waals surface area contributed by atoms with Crippen LogP contribution >= 0.6 is 0 Å². The van der Waals surface area contributed by atoms with E-state index < -0.39 is 0 Å². The Kier molecular flexibility index (Phi) is 4.42. The van der Waals surface area contributed by atoms with Gasteiger partial charge in [0.1, 0.15) is 0 Å². The largest absolute Gasteiger partial charge is 0.0851 e. The van der Waals surface area contributed by atoms with Crippen molar-refractivity contribution in [2.75, 3.05) is 0 Å². The molecular weight excluding hydrogens is 144 g/mol. The van der Waals surface area contributed by atoms with Crippen molar-refractivity contribution >= 4 is 0 Å². The average molecular weight is 166 g/mol. The van der Waals surface area contributed by atoms with E-state index in [1.807, 2.05) is 0 Å². The predicted molar refractivity (Wildman–Crippen MR) is 55.2 cm³/mol. The van der Waals surface area contributed by atoms with Gasteiger partial charge in [-0.05, 0) is 38.0 Å². The van der Waals surface area contributed by atoms with Crippen molar-refractivity contribution in [3.8, 4) is 0 Å². The highest BCUT2D eigenvalue weighted by Gasteiger charge is 2.11. The Labute approximate surface area is 77.1 Å². The monoisotopic (exact) mass is 166 g/mol. The lowest BCUT2D eigenvalue weighted by Crippen LogP contribution is -2.04. The van der Waals surface area contributed by atoms with Crippen molar-refractivity contribution in [1.29, 1.82) is 0 Å². The van der Waals surface area contributed by atoms with Gasteiger partial charge in [0.25, 0.3) is 0 Å². The van der Waals surface area contributed by atoms with Crippen LogP contribution in [-0.2, 0) is 0 Å². The standard InChI is InChI=1S/C12H22/c1-3-11-9-7-5-6-8-10-12(11)4-2/h9,12H,3-8,10H2,1-2H3. The topological polar surface area (TPSA) is 0 Å². The summed E-state index contributed by atoms with van der Waals surface area (Å²) in [6.07, 6.45) is 12.2. The fourth-order valence-corrected chi connectivity index (χ4v) is 2.25. The highest BCUT2D eigenvalue weighted by molar-refractivity contribution is 5.06. The van der Waals surface area contributed by atoms with Crippen LogP contribution in [0.15, 0.2) is 11.6 Å². The molecule has 0 bridgehead atoms. The number of allylic oxidation sites excluding steroid dienone is 2. The molecule has 1 aliphatic rings. The molecule has 0 radical (unpaired) electrons. The van der Waals surface area contributed by atoms with Gasteiger partial charge in [-0.3, -0.25) is 0 Å². The molecule has 0 aromatic heterocycles. The highest BCUT2D eigenvalue weighted by atomic mass is 14.2. The van der Waals surface area contributed by atoms with Crippen LogP contribution in [0.1, 0.15) is 58.8 Å². The van der Waals surface area contributed by atoms with Gasteiger partial charge in [0.15, 0.2) is 0 Å². The molecule has 0 aromatic carbocycles. The Balaban J connectivity index is 2.57.